The largest absolute Gasteiger partial charge is 0.454 e. The zero-order valence-electron chi connectivity index (χ0n) is 25.4. The lowest BCUT2D eigenvalue weighted by atomic mass is 9.99. The summed E-state index contributed by atoms with van der Waals surface area (Å²) in [5.74, 6) is 1.47. The Labute approximate surface area is 286 Å². The first-order valence-electron chi connectivity index (χ1n) is 15.9. The fraction of sp³-hybridized carbons (Fsp3) is 0. The molecule has 0 saturated carbocycles. The van der Waals surface area contributed by atoms with E-state index in [9.17, 15) is 0 Å². The molecular formula is C44H24Cl2O2. The van der Waals surface area contributed by atoms with Crippen molar-refractivity contribution < 1.29 is 8.83 Å². The van der Waals surface area contributed by atoms with Gasteiger partial charge >= 0.3 is 0 Å². The number of rotatable bonds is 2. The monoisotopic (exact) mass is 654 g/mol. The van der Waals surface area contributed by atoms with Crippen molar-refractivity contribution in [2.75, 3.05) is 0 Å². The van der Waals surface area contributed by atoms with Crippen molar-refractivity contribution in [1.82, 2.24) is 0 Å². The highest BCUT2D eigenvalue weighted by atomic mass is 35.5. The predicted octanol–water partition coefficient (Wildman–Crippen LogP) is 11.1. The summed E-state index contributed by atoms with van der Waals surface area (Å²) < 4.78 is 14.4. The highest BCUT2D eigenvalue weighted by molar-refractivity contribution is 6.31. The van der Waals surface area contributed by atoms with E-state index < -0.39 is 0 Å². The van der Waals surface area contributed by atoms with Crippen molar-refractivity contribution in [3.05, 3.63) is 189 Å². The Morgan fingerprint density at radius 3 is 0.875 bits per heavy atom. The van der Waals surface area contributed by atoms with Gasteiger partial charge < -0.3 is 8.83 Å². The van der Waals surface area contributed by atoms with E-state index in [1.807, 2.05) is 48.5 Å². The number of benzene rings is 6. The summed E-state index contributed by atoms with van der Waals surface area (Å²) in [4.78, 5) is 0. The molecule has 4 heteroatoms. The third kappa shape index (κ3) is 3.94. The lowest BCUT2D eigenvalue weighted by Crippen LogP contribution is -2.05. The van der Waals surface area contributed by atoms with Crippen LogP contribution < -0.4 is 10.8 Å². The molecule has 0 amide bonds. The van der Waals surface area contributed by atoms with Crippen molar-refractivity contribution in [3.63, 3.8) is 0 Å². The van der Waals surface area contributed by atoms with Gasteiger partial charge in [0.05, 0.1) is 10.8 Å². The molecular weight excluding hydrogens is 631 g/mol. The van der Waals surface area contributed by atoms with E-state index in [2.05, 4.69) is 97.1 Å². The average molecular weight is 656 g/mol. The van der Waals surface area contributed by atoms with Gasteiger partial charge in [-0.25, -0.2) is 0 Å². The van der Waals surface area contributed by atoms with E-state index in [4.69, 9.17) is 32.0 Å². The van der Waals surface area contributed by atoms with Gasteiger partial charge in [0.15, 0.2) is 0 Å². The lowest BCUT2D eigenvalue weighted by Gasteiger charge is -2.04. The van der Waals surface area contributed by atoms with Crippen LogP contribution in [0, 0.1) is 0 Å². The van der Waals surface area contributed by atoms with Crippen molar-refractivity contribution in [2.45, 2.75) is 0 Å². The van der Waals surface area contributed by atoms with Crippen LogP contribution in [-0.2, 0) is 0 Å². The Bertz CT molecular complexity index is 2440. The molecule has 48 heavy (non-hydrogen) atoms. The Morgan fingerprint density at radius 2 is 0.583 bits per heavy atom. The Morgan fingerprint density at radius 1 is 0.312 bits per heavy atom. The molecule has 10 rings (SSSR count). The van der Waals surface area contributed by atoms with Crippen LogP contribution in [0.15, 0.2) is 154 Å². The molecule has 2 aliphatic rings. The van der Waals surface area contributed by atoms with Gasteiger partial charge in [-0.05, 0) is 93.0 Å². The second-order valence-corrected chi connectivity index (χ2v) is 13.1. The first kappa shape index (κ1) is 27.6. The van der Waals surface area contributed by atoms with E-state index in [0.29, 0.717) is 10.0 Å². The van der Waals surface area contributed by atoms with Gasteiger partial charge in [-0.2, -0.15) is 0 Å². The van der Waals surface area contributed by atoms with Gasteiger partial charge in [0.2, 0.25) is 0 Å². The maximum atomic E-state index is 7.21. The van der Waals surface area contributed by atoms with Gasteiger partial charge in [-0.15, -0.1) is 0 Å². The molecule has 0 radical (unpaired) electrons. The normalized spacial score (nSPS) is 12.7. The second-order valence-electron chi connectivity index (χ2n) is 12.2. The average Bonchev–Trinajstić information content (AvgIpc) is 3.87. The van der Waals surface area contributed by atoms with Crippen LogP contribution in [0.25, 0.3) is 66.8 Å². The molecule has 0 fully saturated rings. The molecule has 6 aromatic carbocycles. The molecule has 2 aliphatic carbocycles. The lowest BCUT2D eigenvalue weighted by molar-refractivity contribution is 0.528. The number of furan rings is 2. The summed E-state index contributed by atoms with van der Waals surface area (Å²) in [7, 11) is 0. The van der Waals surface area contributed by atoms with E-state index >= 15 is 0 Å². The quantitative estimate of drug-likeness (QED) is 0.185. The van der Waals surface area contributed by atoms with E-state index in [0.717, 1.165) is 77.7 Å². The Balaban J connectivity index is 1.48. The number of hydrogen-bond acceptors (Lipinski definition) is 2. The van der Waals surface area contributed by atoms with Crippen LogP contribution in [0.3, 0.4) is 0 Å². The minimum Gasteiger partial charge on any atom is -0.454 e. The number of hydrogen-bond donors (Lipinski definition) is 0. The first-order valence-corrected chi connectivity index (χ1v) is 16.7. The van der Waals surface area contributed by atoms with E-state index in [-0.39, 0.29) is 0 Å². The smallest absolute Gasteiger partial charge is 0.147 e. The SMILES string of the molecule is Clc1ccc(-c2oc(=C3c4ccccc4-c4ccccc43)c3c(-c4ccc(Cl)cc4)oc(=C4c5ccccc5-c5ccccc54)c23)cc1. The van der Waals surface area contributed by atoms with Crippen LogP contribution in [0.2, 0.25) is 10.0 Å². The Kier molecular flexibility index (Phi) is 6.02. The molecule has 226 valence electrons. The third-order valence-electron chi connectivity index (χ3n) is 9.60. The highest BCUT2D eigenvalue weighted by Gasteiger charge is 2.32. The Hall–Kier alpha value is -5.54. The molecule has 2 nitrogen and oxygen atoms in total. The van der Waals surface area contributed by atoms with Gasteiger partial charge in [0, 0.05) is 32.3 Å². The molecule has 2 heterocycles. The second kappa shape index (κ2) is 10.5. The van der Waals surface area contributed by atoms with Crippen LogP contribution in [-0.4, -0.2) is 0 Å². The topological polar surface area (TPSA) is 26.3 Å². The zero-order chi connectivity index (χ0) is 31.9. The van der Waals surface area contributed by atoms with Gasteiger partial charge in [0.25, 0.3) is 0 Å². The summed E-state index contributed by atoms with van der Waals surface area (Å²) >= 11 is 12.8. The van der Waals surface area contributed by atoms with Crippen molar-refractivity contribution in [2.24, 2.45) is 0 Å². The van der Waals surface area contributed by atoms with Crippen LogP contribution in [0.5, 0.6) is 0 Å². The maximum absolute atomic E-state index is 7.21. The van der Waals surface area contributed by atoms with Crippen LogP contribution in [0.1, 0.15) is 22.3 Å². The molecule has 0 N–H and O–H groups in total. The van der Waals surface area contributed by atoms with E-state index in [1.165, 1.54) is 22.3 Å². The number of fused-ring (bicyclic) bond motifs is 7. The molecule has 0 spiro atoms. The summed E-state index contributed by atoms with van der Waals surface area (Å²) in [5.41, 5.74) is 14.7. The maximum Gasteiger partial charge on any atom is 0.147 e. The molecule has 0 unspecified atom stereocenters. The third-order valence-corrected chi connectivity index (χ3v) is 10.1. The molecule has 2 aromatic heterocycles. The minimum absolute atomic E-state index is 0.664. The fourth-order valence-electron chi connectivity index (χ4n) is 7.55. The van der Waals surface area contributed by atoms with Gasteiger partial charge in [-0.3, -0.25) is 0 Å². The molecule has 0 atom stereocenters. The van der Waals surface area contributed by atoms with Crippen molar-refractivity contribution in [1.29, 1.82) is 0 Å². The van der Waals surface area contributed by atoms with Crippen molar-refractivity contribution in [3.8, 4) is 44.9 Å². The van der Waals surface area contributed by atoms with Gasteiger partial charge in [-0.1, -0.05) is 120 Å². The van der Waals surface area contributed by atoms with Crippen LogP contribution in [0.4, 0.5) is 0 Å². The first-order chi connectivity index (χ1) is 23.7. The number of halogens is 2. The fourth-order valence-corrected chi connectivity index (χ4v) is 7.81. The predicted molar refractivity (Wildman–Crippen MR) is 196 cm³/mol. The van der Waals surface area contributed by atoms with E-state index in [1.54, 1.807) is 0 Å². The summed E-state index contributed by atoms with van der Waals surface area (Å²) in [5, 5.41) is 3.18. The standard InChI is InChI=1S/C44H24Cl2O2/c45-27-21-17-25(18-22-27)41-39-40(44(48-41)38-35-15-7-3-11-31(35)32-12-4-8-16-36(32)38)42(26-19-23-28(46)24-20-26)47-43(39)37-33-13-5-1-9-29(33)30-10-2-6-14-34(30)37/h1-24H. The molecule has 8 aromatic rings. The minimum atomic E-state index is 0.664. The van der Waals surface area contributed by atoms with Crippen molar-refractivity contribution >= 4 is 45.1 Å². The summed E-state index contributed by atoms with van der Waals surface area (Å²) in [6, 6.07) is 49.9. The summed E-state index contributed by atoms with van der Waals surface area (Å²) in [6.07, 6.45) is 0. The molecule has 0 saturated heterocycles. The highest BCUT2D eigenvalue weighted by Crippen LogP contribution is 2.46. The zero-order valence-corrected chi connectivity index (χ0v) is 26.9. The summed E-state index contributed by atoms with van der Waals surface area (Å²) in [6.45, 7) is 0. The van der Waals surface area contributed by atoms with Gasteiger partial charge in [0.1, 0.15) is 22.4 Å². The molecule has 0 bridgehead atoms. The van der Waals surface area contributed by atoms with Crippen LogP contribution >= 0.6 is 23.2 Å². The molecule has 0 aliphatic heterocycles.